The van der Waals surface area contributed by atoms with Gasteiger partial charge in [0.15, 0.2) is 5.78 Å². The minimum Gasteiger partial charge on any atom is -0.465 e. The summed E-state index contributed by atoms with van der Waals surface area (Å²) >= 11 is 0. The van der Waals surface area contributed by atoms with Crippen molar-refractivity contribution < 1.29 is 14.3 Å². The van der Waals surface area contributed by atoms with Crippen molar-refractivity contribution in [3.63, 3.8) is 0 Å². The van der Waals surface area contributed by atoms with Crippen LogP contribution in [0.25, 0.3) is 0 Å². The van der Waals surface area contributed by atoms with Gasteiger partial charge in [0.2, 0.25) is 0 Å². The monoisotopic (exact) mass is 222 g/mol. The fourth-order valence-electron chi connectivity index (χ4n) is 1.10. The summed E-state index contributed by atoms with van der Waals surface area (Å²) in [6, 6.07) is 6.52. The molecule has 86 valence electrons. The van der Waals surface area contributed by atoms with Crippen LogP contribution in [-0.2, 0) is 9.53 Å². The third-order valence-corrected chi connectivity index (χ3v) is 2.07. The van der Waals surface area contributed by atoms with Crippen LogP contribution >= 0.6 is 0 Å². The number of ketones is 1. The van der Waals surface area contributed by atoms with Crippen molar-refractivity contribution in [1.29, 1.82) is 0 Å². The van der Waals surface area contributed by atoms with E-state index in [0.29, 0.717) is 11.3 Å². The lowest BCUT2D eigenvalue weighted by molar-refractivity contribution is -0.117. The van der Waals surface area contributed by atoms with Gasteiger partial charge < -0.3 is 15.8 Å². The summed E-state index contributed by atoms with van der Waals surface area (Å²) in [5.74, 6) is -0.556. The first-order valence-electron chi connectivity index (χ1n) is 4.75. The molecule has 3 N–H and O–H groups in total. The largest absolute Gasteiger partial charge is 0.465 e. The second-order valence-corrected chi connectivity index (χ2v) is 3.30. The SMILES string of the molecule is COC(=O)c1ccc(NC(N)C(C)=O)cc1. The zero-order valence-electron chi connectivity index (χ0n) is 9.19. The quantitative estimate of drug-likeness (QED) is 0.580. The van der Waals surface area contributed by atoms with Crippen LogP contribution in [0.3, 0.4) is 0 Å². The van der Waals surface area contributed by atoms with Crippen molar-refractivity contribution in [3.8, 4) is 0 Å². The van der Waals surface area contributed by atoms with Gasteiger partial charge in [-0.1, -0.05) is 0 Å². The van der Waals surface area contributed by atoms with E-state index >= 15 is 0 Å². The maximum absolute atomic E-state index is 11.1. The van der Waals surface area contributed by atoms with Crippen molar-refractivity contribution in [1.82, 2.24) is 0 Å². The van der Waals surface area contributed by atoms with E-state index in [1.807, 2.05) is 0 Å². The summed E-state index contributed by atoms with van der Waals surface area (Å²) in [4.78, 5) is 22.0. The number of anilines is 1. The molecule has 0 amide bonds. The Kier molecular flexibility index (Phi) is 4.02. The van der Waals surface area contributed by atoms with Gasteiger partial charge in [0.25, 0.3) is 0 Å². The van der Waals surface area contributed by atoms with Gasteiger partial charge in [-0.15, -0.1) is 0 Å². The second-order valence-electron chi connectivity index (χ2n) is 3.30. The fourth-order valence-corrected chi connectivity index (χ4v) is 1.10. The molecule has 0 aliphatic rings. The Bertz CT molecular complexity index is 387. The number of rotatable bonds is 4. The van der Waals surface area contributed by atoms with Gasteiger partial charge in [0, 0.05) is 5.69 Å². The molecule has 0 radical (unpaired) electrons. The number of hydrogen-bond acceptors (Lipinski definition) is 5. The normalized spacial score (nSPS) is 11.7. The molecular formula is C11H14N2O3. The summed E-state index contributed by atoms with van der Waals surface area (Å²) in [7, 11) is 1.32. The molecule has 0 spiro atoms. The lowest BCUT2D eigenvalue weighted by Gasteiger charge is -2.11. The maximum atomic E-state index is 11.1. The lowest BCUT2D eigenvalue weighted by Crippen LogP contribution is -2.36. The molecule has 5 heteroatoms. The molecule has 1 aromatic rings. The van der Waals surface area contributed by atoms with Crippen LogP contribution in [0.5, 0.6) is 0 Å². The van der Waals surface area contributed by atoms with E-state index < -0.39 is 12.1 Å². The van der Waals surface area contributed by atoms with Gasteiger partial charge in [-0.25, -0.2) is 4.79 Å². The number of carbonyl (C=O) groups is 2. The number of methoxy groups -OCH3 is 1. The van der Waals surface area contributed by atoms with Gasteiger partial charge in [-0.05, 0) is 31.2 Å². The highest BCUT2D eigenvalue weighted by atomic mass is 16.5. The third kappa shape index (κ3) is 3.06. The van der Waals surface area contributed by atoms with E-state index in [-0.39, 0.29) is 5.78 Å². The van der Waals surface area contributed by atoms with E-state index in [9.17, 15) is 9.59 Å². The molecule has 1 atom stereocenters. The predicted octanol–water partition coefficient (Wildman–Crippen LogP) is 0.759. The fraction of sp³-hybridized carbons (Fsp3) is 0.273. The Hall–Kier alpha value is -1.88. The molecule has 0 heterocycles. The van der Waals surface area contributed by atoms with Crippen molar-refractivity contribution in [2.45, 2.75) is 13.1 Å². The van der Waals surface area contributed by atoms with Crippen LogP contribution in [-0.4, -0.2) is 25.0 Å². The average Bonchev–Trinajstić information content (AvgIpc) is 2.28. The van der Waals surface area contributed by atoms with Gasteiger partial charge >= 0.3 is 5.97 Å². The zero-order chi connectivity index (χ0) is 12.1. The third-order valence-electron chi connectivity index (χ3n) is 2.07. The molecule has 16 heavy (non-hydrogen) atoms. The number of esters is 1. The van der Waals surface area contributed by atoms with Crippen LogP contribution in [0.15, 0.2) is 24.3 Å². The summed E-state index contributed by atoms with van der Waals surface area (Å²) in [6.07, 6.45) is -0.732. The summed E-state index contributed by atoms with van der Waals surface area (Å²) in [6.45, 7) is 1.40. The Morgan fingerprint density at radius 3 is 2.31 bits per heavy atom. The van der Waals surface area contributed by atoms with Crippen LogP contribution < -0.4 is 11.1 Å². The minimum atomic E-state index is -0.732. The molecule has 0 aromatic heterocycles. The number of hydrogen-bond donors (Lipinski definition) is 2. The molecule has 1 aromatic carbocycles. The van der Waals surface area contributed by atoms with Crippen LogP contribution in [0.2, 0.25) is 0 Å². The van der Waals surface area contributed by atoms with Crippen molar-refractivity contribution in [3.05, 3.63) is 29.8 Å². The van der Waals surface area contributed by atoms with Gasteiger partial charge in [-0.2, -0.15) is 0 Å². The Morgan fingerprint density at radius 2 is 1.88 bits per heavy atom. The molecule has 1 unspecified atom stereocenters. The summed E-state index contributed by atoms with van der Waals surface area (Å²) in [5, 5.41) is 2.80. The van der Waals surface area contributed by atoms with Gasteiger partial charge in [0.05, 0.1) is 12.7 Å². The smallest absolute Gasteiger partial charge is 0.337 e. The number of benzene rings is 1. The lowest BCUT2D eigenvalue weighted by atomic mass is 10.2. The van der Waals surface area contributed by atoms with Gasteiger partial charge in [-0.3, -0.25) is 4.79 Å². The number of nitrogens with one attached hydrogen (secondary N) is 1. The number of carbonyl (C=O) groups excluding carboxylic acids is 2. The topological polar surface area (TPSA) is 81.4 Å². The minimum absolute atomic E-state index is 0.156. The first kappa shape index (κ1) is 12.2. The van der Waals surface area contributed by atoms with Crippen molar-refractivity contribution >= 4 is 17.4 Å². The molecule has 0 saturated heterocycles. The number of nitrogens with two attached hydrogens (primary N) is 1. The summed E-state index contributed by atoms with van der Waals surface area (Å²) in [5.41, 5.74) is 6.65. The average molecular weight is 222 g/mol. The Labute approximate surface area is 93.6 Å². The number of ether oxygens (including phenoxy) is 1. The molecule has 0 fully saturated rings. The highest BCUT2D eigenvalue weighted by Gasteiger charge is 2.08. The summed E-state index contributed by atoms with van der Waals surface area (Å²) < 4.78 is 4.56. The van der Waals surface area contributed by atoms with E-state index in [1.165, 1.54) is 14.0 Å². The molecule has 1 rings (SSSR count). The molecular weight excluding hydrogens is 208 g/mol. The van der Waals surface area contributed by atoms with Crippen LogP contribution in [0.4, 0.5) is 5.69 Å². The molecule has 0 aliphatic carbocycles. The highest BCUT2D eigenvalue weighted by molar-refractivity contribution is 5.90. The number of Topliss-reactive ketones (excluding diaryl/α,β-unsaturated/α-hetero) is 1. The molecule has 0 saturated carbocycles. The highest BCUT2D eigenvalue weighted by Crippen LogP contribution is 2.10. The maximum Gasteiger partial charge on any atom is 0.337 e. The van der Waals surface area contributed by atoms with Crippen molar-refractivity contribution in [2.24, 2.45) is 5.73 Å². The first-order valence-corrected chi connectivity index (χ1v) is 4.75. The Morgan fingerprint density at radius 1 is 1.31 bits per heavy atom. The zero-order valence-corrected chi connectivity index (χ0v) is 9.19. The first-order chi connectivity index (χ1) is 7.54. The second kappa shape index (κ2) is 5.27. The van der Waals surface area contributed by atoms with Gasteiger partial charge in [0.1, 0.15) is 6.17 Å². The van der Waals surface area contributed by atoms with E-state index in [0.717, 1.165) is 0 Å². The van der Waals surface area contributed by atoms with Crippen molar-refractivity contribution in [2.75, 3.05) is 12.4 Å². The predicted molar refractivity (Wildman–Crippen MR) is 60.1 cm³/mol. The molecule has 0 bridgehead atoms. The van der Waals surface area contributed by atoms with E-state index in [2.05, 4.69) is 10.1 Å². The van der Waals surface area contributed by atoms with E-state index in [1.54, 1.807) is 24.3 Å². The standard InChI is InChI=1S/C11H14N2O3/c1-7(14)10(12)13-9-5-3-8(4-6-9)11(15)16-2/h3-6,10,13H,12H2,1-2H3. The van der Waals surface area contributed by atoms with E-state index in [4.69, 9.17) is 5.73 Å². The van der Waals surface area contributed by atoms with Crippen LogP contribution in [0.1, 0.15) is 17.3 Å². The molecule has 5 nitrogen and oxygen atoms in total. The molecule has 0 aliphatic heterocycles. The Balaban J connectivity index is 2.72. The van der Waals surface area contributed by atoms with Crippen LogP contribution in [0, 0.1) is 0 Å².